The van der Waals surface area contributed by atoms with Crippen LogP contribution in [0.3, 0.4) is 0 Å². The van der Waals surface area contributed by atoms with Crippen molar-refractivity contribution in [1.29, 1.82) is 0 Å². The Labute approximate surface area is 104 Å². The van der Waals surface area contributed by atoms with Crippen LogP contribution >= 0.6 is 0 Å². The molecule has 4 saturated carbocycles. The van der Waals surface area contributed by atoms with E-state index in [2.05, 4.69) is 6.92 Å². The van der Waals surface area contributed by atoms with Gasteiger partial charge in [-0.25, -0.2) is 0 Å². The van der Waals surface area contributed by atoms with Crippen LogP contribution < -0.4 is 0 Å². The van der Waals surface area contributed by atoms with Gasteiger partial charge in [-0.3, -0.25) is 4.79 Å². The van der Waals surface area contributed by atoms with Gasteiger partial charge in [-0.05, 0) is 74.0 Å². The summed E-state index contributed by atoms with van der Waals surface area (Å²) in [5.41, 5.74) is 0. The maximum Gasteiger partial charge on any atom is 0.303 e. The molecule has 0 heterocycles. The maximum absolute atomic E-state index is 10.8. The predicted molar refractivity (Wildman–Crippen MR) is 66.6 cm³/mol. The summed E-state index contributed by atoms with van der Waals surface area (Å²) in [6.07, 6.45) is 8.86. The number of carboxylic acids is 1. The Balaban J connectivity index is 1.62. The van der Waals surface area contributed by atoms with Crippen molar-refractivity contribution in [2.75, 3.05) is 0 Å². The van der Waals surface area contributed by atoms with Crippen molar-refractivity contribution < 1.29 is 9.90 Å². The van der Waals surface area contributed by atoms with E-state index < -0.39 is 5.97 Å². The Morgan fingerprint density at radius 3 is 2.12 bits per heavy atom. The molecule has 0 saturated heterocycles. The molecule has 4 aliphatic carbocycles. The van der Waals surface area contributed by atoms with Crippen molar-refractivity contribution in [1.82, 2.24) is 0 Å². The molecule has 0 aliphatic heterocycles. The van der Waals surface area contributed by atoms with Crippen LogP contribution in [0.25, 0.3) is 0 Å². The van der Waals surface area contributed by atoms with E-state index in [0.717, 1.165) is 29.6 Å². The number of hydrogen-bond acceptors (Lipinski definition) is 1. The van der Waals surface area contributed by atoms with Crippen LogP contribution in [0.4, 0.5) is 0 Å². The number of carboxylic acid groups (broad SMARTS) is 1. The summed E-state index contributed by atoms with van der Waals surface area (Å²) >= 11 is 0. The van der Waals surface area contributed by atoms with E-state index in [-0.39, 0.29) is 0 Å². The topological polar surface area (TPSA) is 37.3 Å². The summed E-state index contributed by atoms with van der Waals surface area (Å²) in [5, 5.41) is 8.87. The SMILES string of the molecule is CC(CC(=O)O)CC1C2CC3CC(C2)CC1C3. The highest BCUT2D eigenvalue weighted by Crippen LogP contribution is 2.57. The Morgan fingerprint density at radius 2 is 1.65 bits per heavy atom. The normalized spacial score (nSPS) is 44.9. The lowest BCUT2D eigenvalue weighted by atomic mass is 9.51. The van der Waals surface area contributed by atoms with E-state index in [9.17, 15) is 4.79 Å². The molecule has 2 heteroatoms. The lowest BCUT2D eigenvalue weighted by Gasteiger charge is -2.55. The summed E-state index contributed by atoms with van der Waals surface area (Å²) in [6.45, 7) is 2.12. The van der Waals surface area contributed by atoms with Crippen molar-refractivity contribution in [3.63, 3.8) is 0 Å². The molecule has 4 aliphatic rings. The minimum absolute atomic E-state index is 0.364. The van der Waals surface area contributed by atoms with Gasteiger partial charge in [0.15, 0.2) is 0 Å². The molecule has 4 bridgehead atoms. The highest BCUT2D eigenvalue weighted by Gasteiger charge is 2.48. The van der Waals surface area contributed by atoms with Gasteiger partial charge in [0.05, 0.1) is 0 Å². The Bertz CT molecular complexity index is 282. The van der Waals surface area contributed by atoms with Gasteiger partial charge in [0.1, 0.15) is 0 Å². The molecule has 0 spiro atoms. The largest absolute Gasteiger partial charge is 0.481 e. The van der Waals surface area contributed by atoms with Gasteiger partial charge in [0.2, 0.25) is 0 Å². The fourth-order valence-corrected chi connectivity index (χ4v) is 5.27. The standard InChI is InChI=1S/C15H24O2/c1-9(3-15(16)17)2-14-12-5-10-4-11(7-12)8-13(14)6-10/h9-14H,2-8H2,1H3,(H,16,17). The highest BCUT2D eigenvalue weighted by atomic mass is 16.4. The summed E-state index contributed by atoms with van der Waals surface area (Å²) in [7, 11) is 0. The van der Waals surface area contributed by atoms with Gasteiger partial charge in [-0.15, -0.1) is 0 Å². The Hall–Kier alpha value is -0.530. The van der Waals surface area contributed by atoms with Crippen LogP contribution in [0.2, 0.25) is 0 Å². The fraction of sp³-hybridized carbons (Fsp3) is 0.933. The third-order valence-corrected chi connectivity index (χ3v) is 5.62. The molecule has 2 nitrogen and oxygen atoms in total. The summed E-state index contributed by atoms with van der Waals surface area (Å²) < 4.78 is 0. The molecule has 4 fully saturated rings. The first-order chi connectivity index (χ1) is 8.11. The average molecular weight is 236 g/mol. The average Bonchev–Trinajstić information content (AvgIpc) is 2.21. The molecule has 17 heavy (non-hydrogen) atoms. The van der Waals surface area contributed by atoms with Crippen molar-refractivity contribution in [3.05, 3.63) is 0 Å². The van der Waals surface area contributed by atoms with Crippen LogP contribution in [-0.4, -0.2) is 11.1 Å². The van der Waals surface area contributed by atoms with E-state index in [1.54, 1.807) is 0 Å². The molecule has 0 aromatic carbocycles. The monoisotopic (exact) mass is 236 g/mol. The van der Waals surface area contributed by atoms with Gasteiger partial charge in [0, 0.05) is 6.42 Å². The molecule has 0 amide bonds. The zero-order chi connectivity index (χ0) is 12.0. The lowest BCUT2D eigenvalue weighted by Crippen LogP contribution is -2.45. The number of aliphatic carboxylic acids is 1. The van der Waals surface area contributed by atoms with Crippen LogP contribution in [-0.2, 0) is 4.79 Å². The molecule has 1 unspecified atom stereocenters. The number of carbonyl (C=O) groups is 1. The zero-order valence-corrected chi connectivity index (χ0v) is 10.8. The molecule has 96 valence electrons. The smallest absolute Gasteiger partial charge is 0.303 e. The minimum Gasteiger partial charge on any atom is -0.481 e. The second-order valence-corrected chi connectivity index (χ2v) is 7.03. The third-order valence-electron chi connectivity index (χ3n) is 5.62. The predicted octanol–water partition coefficient (Wildman–Crippen LogP) is 3.56. The van der Waals surface area contributed by atoms with Crippen LogP contribution in [0, 0.1) is 35.5 Å². The summed E-state index contributed by atoms with van der Waals surface area (Å²) in [5.74, 6) is 4.56. The first-order valence-corrected chi connectivity index (χ1v) is 7.33. The van der Waals surface area contributed by atoms with E-state index in [0.29, 0.717) is 12.3 Å². The second-order valence-electron chi connectivity index (χ2n) is 7.03. The molecule has 0 aromatic rings. The van der Waals surface area contributed by atoms with Crippen molar-refractivity contribution in [2.45, 2.75) is 51.9 Å². The number of hydrogen-bond donors (Lipinski definition) is 1. The maximum atomic E-state index is 10.8. The zero-order valence-electron chi connectivity index (χ0n) is 10.8. The highest BCUT2D eigenvalue weighted by molar-refractivity contribution is 5.66. The van der Waals surface area contributed by atoms with Gasteiger partial charge in [-0.1, -0.05) is 6.92 Å². The van der Waals surface area contributed by atoms with Crippen molar-refractivity contribution in [3.8, 4) is 0 Å². The third kappa shape index (κ3) is 2.23. The molecule has 0 aromatic heterocycles. The van der Waals surface area contributed by atoms with E-state index in [4.69, 9.17) is 5.11 Å². The van der Waals surface area contributed by atoms with E-state index in [1.807, 2.05) is 0 Å². The minimum atomic E-state index is -0.624. The first kappa shape index (κ1) is 11.6. The van der Waals surface area contributed by atoms with E-state index >= 15 is 0 Å². The molecular weight excluding hydrogens is 212 g/mol. The molecule has 4 rings (SSSR count). The van der Waals surface area contributed by atoms with Gasteiger partial charge in [0.25, 0.3) is 0 Å². The Kier molecular flexibility index (Phi) is 2.92. The molecular formula is C15H24O2. The van der Waals surface area contributed by atoms with E-state index in [1.165, 1.54) is 38.5 Å². The summed E-state index contributed by atoms with van der Waals surface area (Å²) in [4.78, 5) is 10.8. The molecule has 1 N–H and O–H groups in total. The quantitative estimate of drug-likeness (QED) is 0.810. The van der Waals surface area contributed by atoms with Gasteiger partial charge < -0.3 is 5.11 Å². The first-order valence-electron chi connectivity index (χ1n) is 7.33. The summed E-state index contributed by atoms with van der Waals surface area (Å²) in [6, 6.07) is 0. The Morgan fingerprint density at radius 1 is 1.12 bits per heavy atom. The number of rotatable bonds is 4. The fourth-order valence-electron chi connectivity index (χ4n) is 5.27. The van der Waals surface area contributed by atoms with Crippen LogP contribution in [0.1, 0.15) is 51.9 Å². The molecule has 0 radical (unpaired) electrons. The second kappa shape index (κ2) is 4.29. The van der Waals surface area contributed by atoms with Gasteiger partial charge in [-0.2, -0.15) is 0 Å². The van der Waals surface area contributed by atoms with Crippen LogP contribution in [0.15, 0.2) is 0 Å². The lowest BCUT2D eigenvalue weighted by molar-refractivity contribution is -0.138. The van der Waals surface area contributed by atoms with Crippen molar-refractivity contribution >= 4 is 5.97 Å². The molecule has 1 atom stereocenters. The van der Waals surface area contributed by atoms with Gasteiger partial charge >= 0.3 is 5.97 Å². The van der Waals surface area contributed by atoms with Crippen LogP contribution in [0.5, 0.6) is 0 Å². The van der Waals surface area contributed by atoms with Crippen molar-refractivity contribution in [2.24, 2.45) is 35.5 Å².